The largest absolute Gasteiger partial charge is 0.349 e. The lowest BCUT2D eigenvalue weighted by Gasteiger charge is -2.06. The minimum absolute atomic E-state index is 0.0563. The molecule has 1 aromatic heterocycles. The van der Waals surface area contributed by atoms with Gasteiger partial charge in [0.25, 0.3) is 0 Å². The van der Waals surface area contributed by atoms with Crippen molar-refractivity contribution in [3.8, 4) is 5.69 Å². The Morgan fingerprint density at radius 3 is 2.65 bits per heavy atom. The molecule has 8 heteroatoms. The fourth-order valence-electron chi connectivity index (χ4n) is 2.29. The van der Waals surface area contributed by atoms with Crippen LogP contribution in [0.15, 0.2) is 54.6 Å². The third-order valence-electron chi connectivity index (χ3n) is 3.63. The second-order valence-corrected chi connectivity index (χ2v) is 6.65. The van der Waals surface area contributed by atoms with Gasteiger partial charge in [0.1, 0.15) is 5.82 Å². The van der Waals surface area contributed by atoms with E-state index < -0.39 is 0 Å². The number of hydrogen-bond donors (Lipinski definition) is 1. The Morgan fingerprint density at radius 1 is 1.12 bits per heavy atom. The highest BCUT2D eigenvalue weighted by molar-refractivity contribution is 7.98. The van der Waals surface area contributed by atoms with Gasteiger partial charge in [-0.05, 0) is 40.3 Å². The van der Waals surface area contributed by atoms with Crippen molar-refractivity contribution in [1.29, 1.82) is 0 Å². The maximum Gasteiger partial charge on any atom is 0.221 e. The molecule has 0 unspecified atom stereocenters. The summed E-state index contributed by atoms with van der Waals surface area (Å²) in [6.45, 7) is 0.267. The molecule has 0 aliphatic carbocycles. The molecule has 0 aliphatic heterocycles. The summed E-state index contributed by atoms with van der Waals surface area (Å²) in [5, 5.41) is 14.4. The molecule has 6 nitrogen and oxygen atoms in total. The molecule has 2 aromatic carbocycles. The first-order valence-corrected chi connectivity index (χ1v) is 9.29. The number of thioether (sulfide) groups is 1. The number of aromatic nitrogens is 4. The van der Waals surface area contributed by atoms with E-state index in [4.69, 9.17) is 0 Å². The van der Waals surface area contributed by atoms with Gasteiger partial charge in [-0.15, -0.1) is 5.10 Å². The molecule has 0 fully saturated rings. The lowest BCUT2D eigenvalue weighted by Crippen LogP contribution is -2.25. The van der Waals surface area contributed by atoms with Crippen LogP contribution in [0.2, 0.25) is 0 Å². The van der Waals surface area contributed by atoms with Crippen molar-refractivity contribution < 1.29 is 9.18 Å². The van der Waals surface area contributed by atoms with Crippen molar-refractivity contribution in [3.63, 3.8) is 0 Å². The molecule has 0 aliphatic rings. The van der Waals surface area contributed by atoms with Crippen molar-refractivity contribution in [2.24, 2.45) is 0 Å². The molecule has 0 radical (unpaired) electrons. The van der Waals surface area contributed by atoms with Gasteiger partial charge >= 0.3 is 0 Å². The van der Waals surface area contributed by atoms with Crippen LogP contribution in [-0.2, 0) is 17.1 Å². The highest BCUT2D eigenvalue weighted by Gasteiger charge is 2.09. The fourth-order valence-corrected chi connectivity index (χ4v) is 3.19. The Labute approximate surface area is 154 Å². The van der Waals surface area contributed by atoms with E-state index in [1.54, 1.807) is 28.6 Å². The normalized spacial score (nSPS) is 10.7. The van der Waals surface area contributed by atoms with Gasteiger partial charge in [0.2, 0.25) is 5.91 Å². The number of halogens is 1. The molecule has 1 N–H and O–H groups in total. The smallest absolute Gasteiger partial charge is 0.221 e. The van der Waals surface area contributed by atoms with E-state index in [0.29, 0.717) is 18.0 Å². The number of para-hydroxylation sites is 1. The van der Waals surface area contributed by atoms with Crippen molar-refractivity contribution in [3.05, 3.63) is 71.8 Å². The predicted molar refractivity (Wildman–Crippen MR) is 98.2 cm³/mol. The van der Waals surface area contributed by atoms with E-state index in [2.05, 4.69) is 20.8 Å². The first-order chi connectivity index (χ1) is 12.7. The minimum Gasteiger partial charge on any atom is -0.349 e. The zero-order valence-electron chi connectivity index (χ0n) is 14.0. The number of carbonyl (C=O) groups excluding carboxylic acids is 1. The van der Waals surface area contributed by atoms with Crippen LogP contribution in [0.3, 0.4) is 0 Å². The number of nitrogens with one attached hydrogen (secondary N) is 1. The number of hydrogen-bond acceptors (Lipinski definition) is 5. The van der Waals surface area contributed by atoms with E-state index in [-0.39, 0.29) is 18.3 Å². The molecular formula is C18H18FN5OS. The SMILES string of the molecule is O=C(CCSCc1ccc(F)cc1)NCc1nnnn1-c1ccccc1. The van der Waals surface area contributed by atoms with Gasteiger partial charge in [0.05, 0.1) is 12.2 Å². The van der Waals surface area contributed by atoms with Crippen molar-refractivity contribution in [1.82, 2.24) is 25.5 Å². The Morgan fingerprint density at radius 2 is 1.88 bits per heavy atom. The Balaban J connectivity index is 1.41. The van der Waals surface area contributed by atoms with Crippen LogP contribution in [0, 0.1) is 5.82 Å². The summed E-state index contributed by atoms with van der Waals surface area (Å²) in [7, 11) is 0. The molecule has 0 saturated heterocycles. The third kappa shape index (κ3) is 5.13. The van der Waals surface area contributed by atoms with E-state index in [1.807, 2.05) is 30.3 Å². The Bertz CT molecular complexity index is 838. The molecule has 3 rings (SSSR count). The summed E-state index contributed by atoms with van der Waals surface area (Å²) in [5.41, 5.74) is 1.88. The average molecular weight is 371 g/mol. The van der Waals surface area contributed by atoms with Crippen LogP contribution in [0.5, 0.6) is 0 Å². The quantitative estimate of drug-likeness (QED) is 0.617. The van der Waals surface area contributed by atoms with Crippen LogP contribution >= 0.6 is 11.8 Å². The highest BCUT2D eigenvalue weighted by Crippen LogP contribution is 2.13. The summed E-state index contributed by atoms with van der Waals surface area (Å²) in [4.78, 5) is 12.0. The molecule has 0 bridgehead atoms. The molecule has 0 spiro atoms. The molecule has 0 atom stereocenters. The average Bonchev–Trinajstić information content (AvgIpc) is 3.14. The van der Waals surface area contributed by atoms with E-state index in [9.17, 15) is 9.18 Å². The van der Waals surface area contributed by atoms with Gasteiger partial charge in [-0.25, -0.2) is 4.39 Å². The minimum atomic E-state index is -0.240. The van der Waals surface area contributed by atoms with Crippen molar-refractivity contribution in [2.75, 3.05) is 5.75 Å². The highest BCUT2D eigenvalue weighted by atomic mass is 32.2. The third-order valence-corrected chi connectivity index (χ3v) is 4.66. The van der Waals surface area contributed by atoms with Crippen LogP contribution in [0.4, 0.5) is 4.39 Å². The van der Waals surface area contributed by atoms with Gasteiger partial charge in [0.15, 0.2) is 5.82 Å². The molecule has 1 heterocycles. The van der Waals surface area contributed by atoms with Gasteiger partial charge in [-0.1, -0.05) is 30.3 Å². The summed E-state index contributed by atoms with van der Waals surface area (Å²) >= 11 is 1.64. The van der Waals surface area contributed by atoms with Crippen LogP contribution in [0.1, 0.15) is 17.8 Å². The molecule has 134 valence electrons. The van der Waals surface area contributed by atoms with E-state index in [1.165, 1.54) is 12.1 Å². The number of benzene rings is 2. The number of carbonyl (C=O) groups is 1. The number of nitrogens with zero attached hydrogens (tertiary/aromatic N) is 4. The Kier molecular flexibility index (Phi) is 6.32. The predicted octanol–water partition coefficient (Wildman–Crippen LogP) is 2.74. The standard InChI is InChI=1S/C18H18FN5OS/c19-15-8-6-14(7-9-15)13-26-11-10-18(25)20-12-17-21-22-23-24(17)16-4-2-1-3-5-16/h1-9H,10-13H2,(H,20,25). The van der Waals surface area contributed by atoms with Gasteiger partial charge in [-0.2, -0.15) is 16.4 Å². The maximum absolute atomic E-state index is 12.8. The van der Waals surface area contributed by atoms with Crippen molar-refractivity contribution >= 4 is 17.7 Å². The van der Waals surface area contributed by atoms with Gasteiger partial charge in [0, 0.05) is 17.9 Å². The lowest BCUT2D eigenvalue weighted by molar-refractivity contribution is -0.120. The van der Waals surface area contributed by atoms with Crippen LogP contribution in [-0.4, -0.2) is 31.9 Å². The topological polar surface area (TPSA) is 72.7 Å². The van der Waals surface area contributed by atoms with E-state index >= 15 is 0 Å². The second-order valence-electron chi connectivity index (χ2n) is 5.55. The van der Waals surface area contributed by atoms with E-state index in [0.717, 1.165) is 17.0 Å². The summed E-state index contributed by atoms with van der Waals surface area (Å²) in [6.07, 6.45) is 0.402. The monoisotopic (exact) mass is 371 g/mol. The fraction of sp³-hybridized carbons (Fsp3) is 0.222. The second kappa shape index (κ2) is 9.10. The Hall–Kier alpha value is -2.74. The number of rotatable bonds is 8. The molecule has 26 heavy (non-hydrogen) atoms. The first-order valence-electron chi connectivity index (χ1n) is 8.14. The number of amides is 1. The van der Waals surface area contributed by atoms with Gasteiger partial charge in [-0.3, -0.25) is 4.79 Å². The maximum atomic E-state index is 12.8. The zero-order chi connectivity index (χ0) is 18.2. The first kappa shape index (κ1) is 18.1. The van der Waals surface area contributed by atoms with Crippen LogP contribution < -0.4 is 5.32 Å². The summed E-state index contributed by atoms with van der Waals surface area (Å²) in [5.74, 6) is 1.71. The molecule has 0 saturated carbocycles. The van der Waals surface area contributed by atoms with Gasteiger partial charge < -0.3 is 5.32 Å². The summed E-state index contributed by atoms with van der Waals surface area (Å²) < 4.78 is 14.4. The molecule has 3 aromatic rings. The van der Waals surface area contributed by atoms with Crippen LogP contribution in [0.25, 0.3) is 5.69 Å². The molecular weight excluding hydrogens is 353 g/mol. The van der Waals surface area contributed by atoms with Crippen molar-refractivity contribution in [2.45, 2.75) is 18.7 Å². The lowest BCUT2D eigenvalue weighted by atomic mass is 10.2. The zero-order valence-corrected chi connectivity index (χ0v) is 14.8. The molecule has 1 amide bonds. The summed E-state index contributed by atoms with van der Waals surface area (Å²) in [6, 6.07) is 15.9. The number of tetrazole rings is 1.